The molecule has 3 heteroatoms. The first-order chi connectivity index (χ1) is 7.13. The lowest BCUT2D eigenvalue weighted by atomic mass is 10.3. The molecule has 0 N–H and O–H groups in total. The predicted molar refractivity (Wildman–Crippen MR) is 60.5 cm³/mol. The quantitative estimate of drug-likeness (QED) is 0.494. The first kappa shape index (κ1) is 12.2. The van der Waals surface area contributed by atoms with Gasteiger partial charge < -0.3 is 9.64 Å². The molecular formula is C12H21NO2. The topological polar surface area (TPSA) is 29.5 Å². The molecule has 0 aromatic carbocycles. The van der Waals surface area contributed by atoms with Crippen molar-refractivity contribution in [2.24, 2.45) is 11.8 Å². The number of carbonyl (C=O) groups is 1. The molecule has 1 aliphatic rings. The fourth-order valence-electron chi connectivity index (χ4n) is 1.65. The third-order valence-corrected chi connectivity index (χ3v) is 2.78. The molecule has 0 spiro atoms. The molecule has 0 heterocycles. The number of esters is 1. The Balaban J connectivity index is 2.10. The molecule has 0 aromatic rings. The van der Waals surface area contributed by atoms with Crippen molar-refractivity contribution in [1.29, 1.82) is 0 Å². The molecule has 1 fully saturated rings. The zero-order valence-electron chi connectivity index (χ0n) is 9.90. The molecule has 0 amide bonds. The minimum absolute atomic E-state index is 0.245. The zero-order valence-corrected chi connectivity index (χ0v) is 9.90. The van der Waals surface area contributed by atoms with E-state index in [1.54, 1.807) is 0 Å². The summed E-state index contributed by atoms with van der Waals surface area (Å²) < 4.78 is 4.79. The van der Waals surface area contributed by atoms with Gasteiger partial charge in [-0.15, -0.1) is 0 Å². The van der Waals surface area contributed by atoms with Crippen molar-refractivity contribution < 1.29 is 9.53 Å². The molecule has 0 saturated heterocycles. The van der Waals surface area contributed by atoms with Crippen molar-refractivity contribution in [1.82, 2.24) is 4.90 Å². The van der Waals surface area contributed by atoms with E-state index in [0.717, 1.165) is 24.9 Å². The van der Waals surface area contributed by atoms with Crippen molar-refractivity contribution >= 4 is 5.97 Å². The molecule has 1 rings (SSSR count). The lowest BCUT2D eigenvalue weighted by molar-refractivity contribution is -0.137. The maximum absolute atomic E-state index is 11.0. The Bertz CT molecular complexity index is 238. The van der Waals surface area contributed by atoms with Crippen LogP contribution in [0.1, 0.15) is 20.3 Å². The van der Waals surface area contributed by atoms with Gasteiger partial charge in [0, 0.05) is 19.2 Å². The molecular weight excluding hydrogens is 190 g/mol. The number of hydrogen-bond acceptors (Lipinski definition) is 3. The molecule has 3 nitrogen and oxygen atoms in total. The van der Waals surface area contributed by atoms with Crippen LogP contribution < -0.4 is 0 Å². The number of nitrogens with zero attached hydrogens (tertiary/aromatic N) is 1. The van der Waals surface area contributed by atoms with Gasteiger partial charge in [0.25, 0.3) is 0 Å². The van der Waals surface area contributed by atoms with Gasteiger partial charge in [-0.1, -0.05) is 13.0 Å². The Kier molecular flexibility index (Phi) is 4.82. The Morgan fingerprint density at radius 2 is 2.27 bits per heavy atom. The lowest BCUT2D eigenvalue weighted by Crippen LogP contribution is -2.21. The van der Waals surface area contributed by atoms with Crippen LogP contribution in [0.2, 0.25) is 0 Å². The van der Waals surface area contributed by atoms with Crippen molar-refractivity contribution in [2.45, 2.75) is 20.3 Å². The van der Waals surface area contributed by atoms with E-state index < -0.39 is 0 Å². The van der Waals surface area contributed by atoms with Gasteiger partial charge in [0.2, 0.25) is 0 Å². The number of carbonyl (C=O) groups excluding carboxylic acids is 1. The summed E-state index contributed by atoms with van der Waals surface area (Å²) in [5.74, 6) is 1.51. The van der Waals surface area contributed by atoms with E-state index in [-0.39, 0.29) is 5.97 Å². The summed E-state index contributed by atoms with van der Waals surface area (Å²) in [4.78, 5) is 13.2. The number of likely N-dealkylation sites (N-methyl/N-ethyl adjacent to an activating group) is 1. The standard InChI is InChI=1S/C12H21NO2/c1-4-15-12(14)6-5-7-13(3)9-11-8-10(11)2/h5-6,10-11H,4,7-9H2,1-3H3/b6-5+. The van der Waals surface area contributed by atoms with Crippen molar-refractivity contribution in [3.63, 3.8) is 0 Å². The minimum Gasteiger partial charge on any atom is -0.463 e. The van der Waals surface area contributed by atoms with Gasteiger partial charge in [-0.25, -0.2) is 4.79 Å². The van der Waals surface area contributed by atoms with Gasteiger partial charge in [0.15, 0.2) is 0 Å². The zero-order chi connectivity index (χ0) is 11.3. The maximum atomic E-state index is 11.0. The van der Waals surface area contributed by atoms with Gasteiger partial charge in [0.05, 0.1) is 6.61 Å². The summed E-state index contributed by atoms with van der Waals surface area (Å²) in [6.45, 7) is 6.49. The largest absolute Gasteiger partial charge is 0.463 e. The lowest BCUT2D eigenvalue weighted by Gasteiger charge is -2.13. The summed E-state index contributed by atoms with van der Waals surface area (Å²) in [7, 11) is 2.08. The Hall–Kier alpha value is -0.830. The Labute approximate surface area is 92.1 Å². The van der Waals surface area contributed by atoms with E-state index >= 15 is 0 Å². The van der Waals surface area contributed by atoms with Crippen LogP contribution in [0.25, 0.3) is 0 Å². The molecule has 2 atom stereocenters. The second kappa shape index (κ2) is 5.91. The highest BCUT2D eigenvalue weighted by Gasteiger charge is 2.32. The van der Waals surface area contributed by atoms with Gasteiger partial charge in [0.1, 0.15) is 0 Å². The van der Waals surface area contributed by atoms with Crippen molar-refractivity contribution in [2.75, 3.05) is 26.7 Å². The first-order valence-corrected chi connectivity index (χ1v) is 5.65. The summed E-state index contributed by atoms with van der Waals surface area (Å²) in [5, 5.41) is 0. The molecule has 2 unspecified atom stereocenters. The average Bonchev–Trinajstić information content (AvgIpc) is 2.82. The second-order valence-corrected chi connectivity index (χ2v) is 4.35. The van der Waals surface area contributed by atoms with Crippen LogP contribution in [0.3, 0.4) is 0 Å². The third kappa shape index (κ3) is 4.98. The van der Waals surface area contributed by atoms with Gasteiger partial charge >= 0.3 is 5.97 Å². The van der Waals surface area contributed by atoms with Crippen LogP contribution in [-0.4, -0.2) is 37.6 Å². The van der Waals surface area contributed by atoms with E-state index in [2.05, 4.69) is 18.9 Å². The molecule has 0 bridgehead atoms. The number of rotatable bonds is 6. The molecule has 0 radical (unpaired) electrons. The predicted octanol–water partition coefficient (Wildman–Crippen LogP) is 1.69. The van der Waals surface area contributed by atoms with Crippen molar-refractivity contribution in [3.05, 3.63) is 12.2 Å². The number of hydrogen-bond donors (Lipinski definition) is 0. The molecule has 0 aromatic heterocycles. The minimum atomic E-state index is -0.245. The Morgan fingerprint density at radius 1 is 1.60 bits per heavy atom. The summed E-state index contributed by atoms with van der Waals surface area (Å²) in [5.41, 5.74) is 0. The smallest absolute Gasteiger partial charge is 0.330 e. The molecule has 1 aliphatic carbocycles. The molecule has 0 aliphatic heterocycles. The van der Waals surface area contributed by atoms with E-state index in [4.69, 9.17) is 4.74 Å². The molecule has 1 saturated carbocycles. The monoisotopic (exact) mass is 211 g/mol. The molecule has 15 heavy (non-hydrogen) atoms. The van der Waals surface area contributed by atoms with Gasteiger partial charge in [-0.3, -0.25) is 0 Å². The normalized spacial score (nSPS) is 24.8. The van der Waals surface area contributed by atoms with Crippen LogP contribution in [0.4, 0.5) is 0 Å². The first-order valence-electron chi connectivity index (χ1n) is 5.65. The van der Waals surface area contributed by atoms with Gasteiger partial charge in [-0.2, -0.15) is 0 Å². The highest BCUT2D eigenvalue weighted by atomic mass is 16.5. The molecule has 86 valence electrons. The van der Waals surface area contributed by atoms with Crippen molar-refractivity contribution in [3.8, 4) is 0 Å². The van der Waals surface area contributed by atoms with E-state index in [0.29, 0.717) is 6.61 Å². The van der Waals surface area contributed by atoms with Crippen LogP contribution >= 0.6 is 0 Å². The van der Waals surface area contributed by atoms with E-state index in [1.807, 2.05) is 13.0 Å². The third-order valence-electron chi connectivity index (χ3n) is 2.78. The Morgan fingerprint density at radius 3 is 2.80 bits per heavy atom. The summed E-state index contributed by atoms with van der Waals surface area (Å²) in [6, 6.07) is 0. The van der Waals surface area contributed by atoms with Crippen LogP contribution in [0.5, 0.6) is 0 Å². The summed E-state index contributed by atoms with van der Waals surface area (Å²) in [6.07, 6.45) is 4.73. The fourth-order valence-corrected chi connectivity index (χ4v) is 1.65. The van der Waals surface area contributed by atoms with E-state index in [9.17, 15) is 4.79 Å². The highest BCUT2D eigenvalue weighted by molar-refractivity contribution is 5.81. The number of ether oxygens (including phenoxy) is 1. The van der Waals surface area contributed by atoms with Gasteiger partial charge in [-0.05, 0) is 32.2 Å². The van der Waals surface area contributed by atoms with Crippen LogP contribution in [0.15, 0.2) is 12.2 Å². The van der Waals surface area contributed by atoms with E-state index in [1.165, 1.54) is 12.5 Å². The second-order valence-electron chi connectivity index (χ2n) is 4.35. The SMILES string of the molecule is CCOC(=O)/C=C/CN(C)CC1CC1C. The van der Waals surface area contributed by atoms with Crippen LogP contribution in [-0.2, 0) is 9.53 Å². The fraction of sp³-hybridized carbons (Fsp3) is 0.750. The maximum Gasteiger partial charge on any atom is 0.330 e. The van der Waals surface area contributed by atoms with Crippen LogP contribution in [0, 0.1) is 11.8 Å². The summed E-state index contributed by atoms with van der Waals surface area (Å²) >= 11 is 0. The average molecular weight is 211 g/mol. The highest BCUT2D eigenvalue weighted by Crippen LogP contribution is 2.37.